The Kier molecular flexibility index (Phi) is 7.29. The molecule has 0 aliphatic carbocycles. The minimum absolute atomic E-state index is 0.118. The van der Waals surface area contributed by atoms with Gasteiger partial charge in [0.05, 0.1) is 12.7 Å². The van der Waals surface area contributed by atoms with Crippen LogP contribution in [0.5, 0.6) is 0 Å². The van der Waals surface area contributed by atoms with E-state index in [4.69, 9.17) is 4.74 Å². The monoisotopic (exact) mass is 464 g/mol. The number of rotatable bonds is 8. The van der Waals surface area contributed by atoms with Gasteiger partial charge in [-0.15, -0.1) is 0 Å². The molecule has 4 amide bonds. The first-order valence-corrected chi connectivity index (χ1v) is 11.8. The number of hydrogen-bond acceptors (Lipinski definition) is 5. The van der Waals surface area contributed by atoms with Crippen LogP contribution in [0, 0.1) is 5.92 Å². The molecule has 1 atom stereocenters. The van der Waals surface area contributed by atoms with Crippen LogP contribution in [0.15, 0.2) is 60.7 Å². The van der Waals surface area contributed by atoms with E-state index in [9.17, 15) is 14.4 Å². The number of morpholine rings is 1. The van der Waals surface area contributed by atoms with Crippen LogP contribution in [0.3, 0.4) is 0 Å². The summed E-state index contributed by atoms with van der Waals surface area (Å²) in [5.41, 5.74) is -0.0874. The second kappa shape index (κ2) is 10.4. The van der Waals surface area contributed by atoms with Crippen molar-refractivity contribution in [2.75, 3.05) is 39.3 Å². The van der Waals surface area contributed by atoms with Gasteiger partial charge < -0.3 is 15.4 Å². The highest BCUT2D eigenvalue weighted by Gasteiger charge is 2.54. The lowest BCUT2D eigenvalue weighted by Gasteiger charge is -2.34. The first-order valence-electron chi connectivity index (χ1n) is 11.8. The molecule has 8 nitrogen and oxygen atoms in total. The van der Waals surface area contributed by atoms with Crippen molar-refractivity contribution in [3.63, 3.8) is 0 Å². The number of imide groups is 1. The van der Waals surface area contributed by atoms with Crippen molar-refractivity contribution in [3.8, 4) is 0 Å². The summed E-state index contributed by atoms with van der Waals surface area (Å²) >= 11 is 0. The summed E-state index contributed by atoms with van der Waals surface area (Å²) in [4.78, 5) is 42.6. The van der Waals surface area contributed by atoms with E-state index in [0.29, 0.717) is 30.2 Å². The molecular weight excluding hydrogens is 432 g/mol. The Morgan fingerprint density at radius 2 is 1.71 bits per heavy atom. The number of hydrogen-bond donors (Lipinski definition) is 2. The van der Waals surface area contributed by atoms with Crippen LogP contribution < -0.4 is 10.6 Å². The summed E-state index contributed by atoms with van der Waals surface area (Å²) in [6, 6.07) is 17.6. The standard InChI is InChI=1S/C26H32N4O4/c1-19(2)16-29-13-14-34-22(17-29)15-27-23(31)18-30-24(32)26(28-25(30)33,20-9-5-3-6-10-20)21-11-7-4-8-12-21/h3-12,19,22H,13-18H2,1-2H3,(H,27,31)(H,28,33). The molecule has 0 bridgehead atoms. The minimum Gasteiger partial charge on any atom is -0.374 e. The number of ether oxygens (including phenoxy) is 1. The summed E-state index contributed by atoms with van der Waals surface area (Å²) < 4.78 is 5.78. The summed E-state index contributed by atoms with van der Waals surface area (Å²) in [5.74, 6) is -0.311. The van der Waals surface area contributed by atoms with Gasteiger partial charge in [0.15, 0.2) is 5.54 Å². The Balaban J connectivity index is 1.44. The maximum atomic E-state index is 13.7. The Morgan fingerprint density at radius 3 is 2.29 bits per heavy atom. The molecule has 2 saturated heterocycles. The minimum atomic E-state index is -1.37. The molecule has 2 aliphatic rings. The summed E-state index contributed by atoms with van der Waals surface area (Å²) in [5, 5.41) is 5.70. The van der Waals surface area contributed by atoms with Gasteiger partial charge in [0.25, 0.3) is 5.91 Å². The molecule has 1 unspecified atom stereocenters. The number of nitrogens with one attached hydrogen (secondary N) is 2. The molecule has 2 aromatic carbocycles. The fourth-order valence-corrected chi connectivity index (χ4v) is 4.67. The van der Waals surface area contributed by atoms with Crippen LogP contribution in [-0.4, -0.2) is 73.1 Å². The van der Waals surface area contributed by atoms with E-state index in [2.05, 4.69) is 29.4 Å². The van der Waals surface area contributed by atoms with Crippen LogP contribution in [0.25, 0.3) is 0 Å². The fourth-order valence-electron chi connectivity index (χ4n) is 4.67. The zero-order valence-electron chi connectivity index (χ0n) is 19.7. The first-order chi connectivity index (χ1) is 16.4. The number of urea groups is 1. The molecule has 2 N–H and O–H groups in total. The second-order valence-corrected chi connectivity index (χ2v) is 9.25. The lowest BCUT2D eigenvalue weighted by molar-refractivity contribution is -0.134. The molecular formula is C26H32N4O4. The van der Waals surface area contributed by atoms with Gasteiger partial charge in [0.2, 0.25) is 5.91 Å². The van der Waals surface area contributed by atoms with Gasteiger partial charge in [-0.2, -0.15) is 0 Å². The fraction of sp³-hybridized carbons (Fsp3) is 0.423. The molecule has 0 radical (unpaired) electrons. The van der Waals surface area contributed by atoms with Crippen LogP contribution in [-0.2, 0) is 19.9 Å². The van der Waals surface area contributed by atoms with Crippen molar-refractivity contribution in [2.45, 2.75) is 25.5 Å². The van der Waals surface area contributed by atoms with Crippen molar-refractivity contribution >= 4 is 17.8 Å². The molecule has 0 spiro atoms. The smallest absolute Gasteiger partial charge is 0.326 e. The zero-order valence-corrected chi connectivity index (χ0v) is 19.7. The quantitative estimate of drug-likeness (QED) is 0.583. The number of carbonyl (C=O) groups is 3. The number of carbonyl (C=O) groups excluding carboxylic acids is 3. The summed E-state index contributed by atoms with van der Waals surface area (Å²) in [6.45, 7) is 7.56. The molecule has 0 aromatic heterocycles. The van der Waals surface area contributed by atoms with Crippen molar-refractivity contribution in [3.05, 3.63) is 71.8 Å². The first kappa shape index (κ1) is 23.9. The predicted molar refractivity (Wildman–Crippen MR) is 128 cm³/mol. The maximum Gasteiger partial charge on any atom is 0.326 e. The third kappa shape index (κ3) is 4.98. The van der Waals surface area contributed by atoms with E-state index in [-0.39, 0.29) is 12.6 Å². The Hall–Kier alpha value is -3.23. The van der Waals surface area contributed by atoms with Gasteiger partial charge in [-0.25, -0.2) is 4.79 Å². The van der Waals surface area contributed by atoms with E-state index in [1.807, 2.05) is 36.4 Å². The molecule has 2 aliphatic heterocycles. The van der Waals surface area contributed by atoms with Gasteiger partial charge in [-0.1, -0.05) is 74.5 Å². The van der Waals surface area contributed by atoms with Gasteiger partial charge >= 0.3 is 6.03 Å². The Morgan fingerprint density at radius 1 is 1.09 bits per heavy atom. The van der Waals surface area contributed by atoms with Gasteiger partial charge in [0.1, 0.15) is 6.54 Å². The average molecular weight is 465 g/mol. The second-order valence-electron chi connectivity index (χ2n) is 9.25. The molecule has 0 saturated carbocycles. The zero-order chi connectivity index (χ0) is 24.1. The Labute approximate surface area is 200 Å². The highest BCUT2D eigenvalue weighted by Crippen LogP contribution is 2.35. The van der Waals surface area contributed by atoms with Crippen LogP contribution in [0.2, 0.25) is 0 Å². The van der Waals surface area contributed by atoms with Crippen LogP contribution >= 0.6 is 0 Å². The van der Waals surface area contributed by atoms with Gasteiger partial charge in [-0.3, -0.25) is 19.4 Å². The number of nitrogens with zero attached hydrogens (tertiary/aromatic N) is 2. The third-order valence-corrected chi connectivity index (χ3v) is 6.19. The predicted octanol–water partition coefficient (Wildman–Crippen LogP) is 1.96. The van der Waals surface area contributed by atoms with Gasteiger partial charge in [0, 0.05) is 26.2 Å². The molecule has 180 valence electrons. The van der Waals surface area contributed by atoms with Crippen molar-refractivity contribution in [2.24, 2.45) is 5.92 Å². The van der Waals surface area contributed by atoms with Crippen molar-refractivity contribution in [1.29, 1.82) is 0 Å². The molecule has 2 heterocycles. The van der Waals surface area contributed by atoms with Crippen LogP contribution in [0.1, 0.15) is 25.0 Å². The number of benzene rings is 2. The maximum absolute atomic E-state index is 13.7. The topological polar surface area (TPSA) is 91.0 Å². The van der Waals surface area contributed by atoms with E-state index < -0.39 is 23.4 Å². The van der Waals surface area contributed by atoms with E-state index >= 15 is 0 Å². The van der Waals surface area contributed by atoms with Crippen molar-refractivity contribution in [1.82, 2.24) is 20.4 Å². The summed E-state index contributed by atoms with van der Waals surface area (Å²) in [7, 11) is 0. The van der Waals surface area contributed by atoms with Crippen LogP contribution in [0.4, 0.5) is 4.79 Å². The van der Waals surface area contributed by atoms with E-state index in [1.165, 1.54) is 0 Å². The number of amides is 4. The molecule has 8 heteroatoms. The molecule has 2 fully saturated rings. The normalized spacial score (nSPS) is 20.4. The lowest BCUT2D eigenvalue weighted by atomic mass is 9.82. The lowest BCUT2D eigenvalue weighted by Crippen LogP contribution is -2.50. The average Bonchev–Trinajstić information content (AvgIpc) is 3.09. The Bertz CT molecular complexity index is 972. The SMILES string of the molecule is CC(C)CN1CCOC(CNC(=O)CN2C(=O)NC(c3ccccc3)(c3ccccc3)C2=O)C1. The molecule has 4 rings (SSSR count). The molecule has 2 aromatic rings. The highest BCUT2D eigenvalue weighted by atomic mass is 16.5. The van der Waals surface area contributed by atoms with E-state index in [1.54, 1.807) is 24.3 Å². The third-order valence-electron chi connectivity index (χ3n) is 6.19. The molecule has 34 heavy (non-hydrogen) atoms. The summed E-state index contributed by atoms with van der Waals surface area (Å²) in [6.07, 6.45) is -0.118. The van der Waals surface area contributed by atoms with Crippen molar-refractivity contribution < 1.29 is 19.1 Å². The highest BCUT2D eigenvalue weighted by molar-refractivity contribution is 6.11. The largest absolute Gasteiger partial charge is 0.374 e. The van der Waals surface area contributed by atoms with Gasteiger partial charge in [-0.05, 0) is 17.0 Å². The van der Waals surface area contributed by atoms with E-state index in [0.717, 1.165) is 24.5 Å².